The second-order valence-electron chi connectivity index (χ2n) is 4.43. The molecule has 0 spiro atoms. The van der Waals surface area contributed by atoms with Gasteiger partial charge in [0.1, 0.15) is 0 Å². The van der Waals surface area contributed by atoms with Crippen molar-refractivity contribution in [3.05, 3.63) is 24.0 Å². The van der Waals surface area contributed by atoms with Crippen molar-refractivity contribution in [1.82, 2.24) is 15.0 Å². The van der Waals surface area contributed by atoms with E-state index in [1.54, 1.807) is 11.3 Å². The summed E-state index contributed by atoms with van der Waals surface area (Å²) in [7, 11) is 0. The molecule has 0 radical (unpaired) electrons. The van der Waals surface area contributed by atoms with E-state index in [4.69, 9.17) is 5.73 Å². The van der Waals surface area contributed by atoms with Crippen LogP contribution in [0, 0.1) is 0 Å². The van der Waals surface area contributed by atoms with Gasteiger partial charge in [0.25, 0.3) is 0 Å². The standard InChI is InChI=1S/C12H15N5S/c13-9-2-5-17(6-3-9)12-15-4-1-10(16-12)11-7-14-8-18-11/h1,4,7-9H,2-3,5-6,13H2. The van der Waals surface area contributed by atoms with Crippen LogP contribution in [0.2, 0.25) is 0 Å². The second-order valence-corrected chi connectivity index (χ2v) is 5.32. The molecule has 0 saturated carbocycles. The molecule has 6 heteroatoms. The normalized spacial score (nSPS) is 17.1. The van der Waals surface area contributed by atoms with E-state index in [0.29, 0.717) is 6.04 Å². The van der Waals surface area contributed by atoms with Crippen LogP contribution >= 0.6 is 11.3 Å². The van der Waals surface area contributed by atoms with Crippen LogP contribution in [0.15, 0.2) is 24.0 Å². The molecule has 0 atom stereocenters. The Labute approximate surface area is 110 Å². The molecule has 94 valence electrons. The lowest BCUT2D eigenvalue weighted by molar-refractivity contribution is 0.495. The van der Waals surface area contributed by atoms with Crippen molar-refractivity contribution in [3.63, 3.8) is 0 Å². The van der Waals surface area contributed by atoms with E-state index >= 15 is 0 Å². The number of anilines is 1. The van der Waals surface area contributed by atoms with Crippen LogP contribution in [-0.2, 0) is 0 Å². The predicted molar refractivity (Wildman–Crippen MR) is 72.6 cm³/mol. The van der Waals surface area contributed by atoms with Crippen molar-refractivity contribution in [2.45, 2.75) is 18.9 Å². The molecule has 0 unspecified atom stereocenters. The van der Waals surface area contributed by atoms with Crippen molar-refractivity contribution in [2.24, 2.45) is 5.73 Å². The Morgan fingerprint density at radius 1 is 1.33 bits per heavy atom. The number of hydrogen-bond acceptors (Lipinski definition) is 6. The zero-order valence-corrected chi connectivity index (χ0v) is 10.8. The summed E-state index contributed by atoms with van der Waals surface area (Å²) in [5.41, 5.74) is 8.67. The number of nitrogens with zero attached hydrogens (tertiary/aromatic N) is 4. The molecule has 5 nitrogen and oxygen atoms in total. The van der Waals surface area contributed by atoms with E-state index in [1.165, 1.54) is 0 Å². The summed E-state index contributed by atoms with van der Waals surface area (Å²) in [4.78, 5) is 16.3. The number of aromatic nitrogens is 3. The highest BCUT2D eigenvalue weighted by molar-refractivity contribution is 7.13. The van der Waals surface area contributed by atoms with E-state index in [2.05, 4.69) is 19.9 Å². The van der Waals surface area contributed by atoms with Crippen molar-refractivity contribution >= 4 is 17.3 Å². The minimum absolute atomic E-state index is 0.325. The molecule has 18 heavy (non-hydrogen) atoms. The summed E-state index contributed by atoms with van der Waals surface area (Å²) >= 11 is 1.59. The molecule has 2 aromatic rings. The van der Waals surface area contributed by atoms with Crippen LogP contribution in [-0.4, -0.2) is 34.1 Å². The van der Waals surface area contributed by atoms with Crippen LogP contribution in [0.5, 0.6) is 0 Å². The first-order valence-corrected chi connectivity index (χ1v) is 6.93. The highest BCUT2D eigenvalue weighted by atomic mass is 32.1. The van der Waals surface area contributed by atoms with Gasteiger partial charge in [-0.2, -0.15) is 0 Å². The molecular formula is C12H15N5S. The van der Waals surface area contributed by atoms with Gasteiger partial charge in [-0.15, -0.1) is 11.3 Å². The third-order valence-electron chi connectivity index (χ3n) is 3.15. The molecule has 3 rings (SSSR count). The van der Waals surface area contributed by atoms with Gasteiger partial charge in [0.2, 0.25) is 5.95 Å². The van der Waals surface area contributed by atoms with E-state index in [-0.39, 0.29) is 0 Å². The van der Waals surface area contributed by atoms with Gasteiger partial charge in [-0.05, 0) is 18.9 Å². The summed E-state index contributed by atoms with van der Waals surface area (Å²) in [6, 6.07) is 2.25. The zero-order chi connectivity index (χ0) is 12.4. The number of nitrogens with two attached hydrogens (primary N) is 1. The van der Waals surface area contributed by atoms with Crippen LogP contribution in [0.3, 0.4) is 0 Å². The van der Waals surface area contributed by atoms with Crippen molar-refractivity contribution < 1.29 is 0 Å². The smallest absolute Gasteiger partial charge is 0.225 e. The third-order valence-corrected chi connectivity index (χ3v) is 3.95. The minimum atomic E-state index is 0.325. The molecule has 3 heterocycles. The van der Waals surface area contributed by atoms with Gasteiger partial charge in [0.05, 0.1) is 16.1 Å². The zero-order valence-electron chi connectivity index (χ0n) is 9.99. The van der Waals surface area contributed by atoms with Gasteiger partial charge < -0.3 is 10.6 Å². The number of rotatable bonds is 2. The Kier molecular flexibility index (Phi) is 3.21. The van der Waals surface area contributed by atoms with Gasteiger partial charge in [-0.3, -0.25) is 4.98 Å². The molecule has 2 N–H and O–H groups in total. The molecule has 0 bridgehead atoms. The summed E-state index contributed by atoms with van der Waals surface area (Å²) < 4.78 is 0. The average Bonchev–Trinajstić information content (AvgIpc) is 2.94. The first-order chi connectivity index (χ1) is 8.83. The summed E-state index contributed by atoms with van der Waals surface area (Å²) in [6.45, 7) is 1.88. The second kappa shape index (κ2) is 4.99. The predicted octanol–water partition coefficient (Wildman–Crippen LogP) is 1.53. The Bertz CT molecular complexity index is 505. The van der Waals surface area contributed by atoms with Crippen molar-refractivity contribution in [3.8, 4) is 10.6 Å². The average molecular weight is 261 g/mol. The largest absolute Gasteiger partial charge is 0.341 e. The number of piperidine rings is 1. The van der Waals surface area contributed by atoms with Gasteiger partial charge in [0.15, 0.2) is 0 Å². The molecule has 1 saturated heterocycles. The molecule has 0 aliphatic carbocycles. The van der Waals surface area contributed by atoms with Gasteiger partial charge in [-0.1, -0.05) is 0 Å². The summed E-state index contributed by atoms with van der Waals surface area (Å²) in [5, 5.41) is 0. The Balaban J connectivity index is 1.83. The van der Waals surface area contributed by atoms with Gasteiger partial charge >= 0.3 is 0 Å². The van der Waals surface area contributed by atoms with Crippen LogP contribution < -0.4 is 10.6 Å². The molecule has 0 aromatic carbocycles. The Morgan fingerprint density at radius 3 is 2.89 bits per heavy atom. The first-order valence-electron chi connectivity index (χ1n) is 6.05. The molecule has 2 aromatic heterocycles. The van der Waals surface area contributed by atoms with Crippen molar-refractivity contribution in [2.75, 3.05) is 18.0 Å². The Hall–Kier alpha value is -1.53. The lowest BCUT2D eigenvalue weighted by Crippen LogP contribution is -2.40. The molecule has 1 fully saturated rings. The Morgan fingerprint density at radius 2 is 2.17 bits per heavy atom. The maximum Gasteiger partial charge on any atom is 0.225 e. The lowest BCUT2D eigenvalue weighted by Gasteiger charge is -2.30. The molecular weight excluding hydrogens is 246 g/mol. The fourth-order valence-electron chi connectivity index (χ4n) is 2.08. The van der Waals surface area contributed by atoms with Crippen molar-refractivity contribution in [1.29, 1.82) is 0 Å². The fourth-order valence-corrected chi connectivity index (χ4v) is 2.67. The molecule has 1 aliphatic rings. The first kappa shape index (κ1) is 11.6. The quantitative estimate of drug-likeness (QED) is 0.888. The molecule has 0 amide bonds. The maximum absolute atomic E-state index is 5.91. The minimum Gasteiger partial charge on any atom is -0.341 e. The van der Waals surface area contributed by atoms with Crippen LogP contribution in [0.1, 0.15) is 12.8 Å². The topological polar surface area (TPSA) is 67.9 Å². The number of hydrogen-bond donors (Lipinski definition) is 1. The monoisotopic (exact) mass is 261 g/mol. The SMILES string of the molecule is NC1CCN(c2nccc(-c3cncs3)n2)CC1. The van der Waals surface area contributed by atoms with Crippen LogP contribution in [0.25, 0.3) is 10.6 Å². The molecule has 1 aliphatic heterocycles. The van der Waals surface area contributed by atoms with E-state index in [9.17, 15) is 0 Å². The summed E-state index contributed by atoms with van der Waals surface area (Å²) in [6.07, 6.45) is 5.66. The van der Waals surface area contributed by atoms with E-state index < -0.39 is 0 Å². The third kappa shape index (κ3) is 2.34. The maximum atomic E-state index is 5.91. The highest BCUT2D eigenvalue weighted by Crippen LogP contribution is 2.23. The van der Waals surface area contributed by atoms with E-state index in [1.807, 2.05) is 24.0 Å². The highest BCUT2D eigenvalue weighted by Gasteiger charge is 2.18. The van der Waals surface area contributed by atoms with Gasteiger partial charge in [0, 0.05) is 31.5 Å². The number of thiazole rings is 1. The van der Waals surface area contributed by atoms with Crippen LogP contribution in [0.4, 0.5) is 5.95 Å². The van der Waals surface area contributed by atoms with Gasteiger partial charge in [-0.25, -0.2) is 9.97 Å². The van der Waals surface area contributed by atoms with E-state index in [0.717, 1.165) is 42.5 Å². The fraction of sp³-hybridized carbons (Fsp3) is 0.417. The summed E-state index contributed by atoms with van der Waals surface area (Å²) in [5.74, 6) is 0.799. The lowest BCUT2D eigenvalue weighted by atomic mass is 10.1.